The van der Waals surface area contributed by atoms with Crippen molar-refractivity contribution in [1.82, 2.24) is 25.1 Å². The highest BCUT2D eigenvalue weighted by molar-refractivity contribution is 6.30. The number of hydrogen-bond donors (Lipinski definition) is 1. The Balaban J connectivity index is 1.23. The standard InChI is InChI=1S/C29H39ClN6O2/c1-4-5-25-18-35(27-20(3)32-26(16-31-27)28(37)33-23-10-11-23)19(2)17-36(25)24-12-14-34(15-13-24)29(38)21-6-8-22(30)9-7-21/h6-9,16,19,23-25H,4-5,10-15,17-18H2,1-3H3,(H,33,37)/t19-,25+/m1/s1. The smallest absolute Gasteiger partial charge is 0.271 e. The number of hydrogen-bond acceptors (Lipinski definition) is 6. The molecule has 3 aliphatic rings. The first kappa shape index (κ1) is 26.9. The van der Waals surface area contributed by atoms with Gasteiger partial charge in [0.15, 0.2) is 0 Å². The number of aromatic nitrogens is 2. The third-order valence-electron chi connectivity index (χ3n) is 8.16. The molecule has 2 aromatic rings. The van der Waals surface area contributed by atoms with Gasteiger partial charge < -0.3 is 15.1 Å². The number of benzene rings is 1. The van der Waals surface area contributed by atoms with Crippen LogP contribution in [0.5, 0.6) is 0 Å². The Morgan fingerprint density at radius 3 is 2.42 bits per heavy atom. The molecule has 1 N–H and O–H groups in total. The van der Waals surface area contributed by atoms with Crippen LogP contribution in [0, 0.1) is 6.92 Å². The molecule has 0 unspecified atom stereocenters. The van der Waals surface area contributed by atoms with Crippen molar-refractivity contribution >= 4 is 29.2 Å². The van der Waals surface area contributed by atoms with Crippen LogP contribution in [0.25, 0.3) is 0 Å². The molecule has 9 heteroatoms. The van der Waals surface area contributed by atoms with Crippen LogP contribution >= 0.6 is 11.6 Å². The van der Waals surface area contributed by atoms with E-state index in [2.05, 4.69) is 33.9 Å². The summed E-state index contributed by atoms with van der Waals surface area (Å²) in [5.41, 5.74) is 1.90. The van der Waals surface area contributed by atoms with E-state index in [0.717, 1.165) is 76.2 Å². The lowest BCUT2D eigenvalue weighted by molar-refractivity contribution is 0.0422. The molecule has 0 radical (unpaired) electrons. The van der Waals surface area contributed by atoms with Gasteiger partial charge in [-0.25, -0.2) is 9.97 Å². The molecule has 1 aliphatic carbocycles. The number of aryl methyl sites for hydroxylation is 1. The van der Waals surface area contributed by atoms with Crippen molar-refractivity contribution in [2.75, 3.05) is 31.1 Å². The van der Waals surface area contributed by atoms with Crippen molar-refractivity contribution in [3.63, 3.8) is 0 Å². The minimum Gasteiger partial charge on any atom is -0.350 e. The first-order chi connectivity index (χ1) is 18.3. The van der Waals surface area contributed by atoms with Gasteiger partial charge in [0.05, 0.1) is 11.9 Å². The van der Waals surface area contributed by atoms with Gasteiger partial charge in [0.25, 0.3) is 11.8 Å². The van der Waals surface area contributed by atoms with Crippen LogP contribution in [0.1, 0.15) is 78.9 Å². The van der Waals surface area contributed by atoms with Crippen molar-refractivity contribution in [3.8, 4) is 0 Å². The molecule has 2 aliphatic heterocycles. The van der Waals surface area contributed by atoms with E-state index in [1.165, 1.54) is 0 Å². The summed E-state index contributed by atoms with van der Waals surface area (Å²) in [7, 11) is 0. The largest absolute Gasteiger partial charge is 0.350 e. The van der Waals surface area contributed by atoms with E-state index in [0.29, 0.717) is 34.4 Å². The summed E-state index contributed by atoms with van der Waals surface area (Å²) in [6, 6.07) is 8.63. The fourth-order valence-corrected chi connectivity index (χ4v) is 6.05. The molecular formula is C29H39ClN6O2. The molecule has 204 valence electrons. The molecule has 0 bridgehead atoms. The molecule has 3 heterocycles. The SMILES string of the molecule is CCC[C@H]1CN(c2ncc(C(=O)NC3CC3)nc2C)[C@H](C)CN1C1CCN(C(=O)c2ccc(Cl)cc2)CC1. The van der Waals surface area contributed by atoms with Gasteiger partial charge in [0.1, 0.15) is 11.5 Å². The van der Waals surface area contributed by atoms with E-state index < -0.39 is 0 Å². The number of amides is 2. The first-order valence-corrected chi connectivity index (χ1v) is 14.4. The second-order valence-corrected chi connectivity index (χ2v) is 11.5. The van der Waals surface area contributed by atoms with Gasteiger partial charge >= 0.3 is 0 Å². The second kappa shape index (κ2) is 11.6. The number of likely N-dealkylation sites (tertiary alicyclic amines) is 1. The summed E-state index contributed by atoms with van der Waals surface area (Å²) in [6.07, 6.45) is 7.92. The van der Waals surface area contributed by atoms with E-state index in [1.807, 2.05) is 24.0 Å². The number of halogens is 1. The van der Waals surface area contributed by atoms with Gasteiger partial charge in [-0.3, -0.25) is 14.5 Å². The van der Waals surface area contributed by atoms with E-state index in [4.69, 9.17) is 16.6 Å². The third-order valence-corrected chi connectivity index (χ3v) is 8.41. The van der Waals surface area contributed by atoms with Gasteiger partial charge in [-0.05, 0) is 70.2 Å². The minimum absolute atomic E-state index is 0.0896. The van der Waals surface area contributed by atoms with Crippen molar-refractivity contribution in [2.24, 2.45) is 0 Å². The quantitative estimate of drug-likeness (QED) is 0.565. The van der Waals surface area contributed by atoms with Crippen molar-refractivity contribution < 1.29 is 9.59 Å². The molecule has 3 fully saturated rings. The normalized spacial score (nSPS) is 22.9. The minimum atomic E-state index is -0.128. The number of carbonyl (C=O) groups is 2. The van der Waals surface area contributed by atoms with Gasteiger partial charge in [-0.15, -0.1) is 0 Å². The third kappa shape index (κ3) is 5.96. The number of nitrogens with one attached hydrogen (secondary N) is 1. The van der Waals surface area contributed by atoms with Gasteiger partial charge in [0, 0.05) is 60.9 Å². The average Bonchev–Trinajstić information content (AvgIpc) is 3.74. The summed E-state index contributed by atoms with van der Waals surface area (Å²) in [5.74, 6) is 0.841. The van der Waals surface area contributed by atoms with Gasteiger partial charge in [-0.1, -0.05) is 24.9 Å². The topological polar surface area (TPSA) is 81.7 Å². The molecule has 1 saturated carbocycles. The van der Waals surface area contributed by atoms with Crippen molar-refractivity contribution in [3.05, 3.63) is 52.4 Å². The van der Waals surface area contributed by atoms with Crippen LogP contribution < -0.4 is 10.2 Å². The number of piperidine rings is 1. The molecule has 38 heavy (non-hydrogen) atoms. The van der Waals surface area contributed by atoms with Crippen LogP contribution in [-0.4, -0.2) is 81.9 Å². The molecular weight excluding hydrogens is 500 g/mol. The number of rotatable bonds is 7. The second-order valence-electron chi connectivity index (χ2n) is 11.1. The number of piperazine rings is 1. The van der Waals surface area contributed by atoms with Crippen LogP contribution in [-0.2, 0) is 0 Å². The lowest BCUT2D eigenvalue weighted by Gasteiger charge is -2.50. The Hall–Kier alpha value is -2.71. The fraction of sp³-hybridized carbons (Fsp3) is 0.586. The number of anilines is 1. The Bertz CT molecular complexity index is 1150. The molecule has 8 nitrogen and oxygen atoms in total. The monoisotopic (exact) mass is 538 g/mol. The summed E-state index contributed by atoms with van der Waals surface area (Å²) in [4.78, 5) is 41.8. The maximum Gasteiger partial charge on any atom is 0.271 e. The maximum absolute atomic E-state index is 13.0. The van der Waals surface area contributed by atoms with Crippen molar-refractivity contribution in [1.29, 1.82) is 0 Å². The zero-order valence-electron chi connectivity index (χ0n) is 22.7. The van der Waals surface area contributed by atoms with E-state index in [-0.39, 0.29) is 17.9 Å². The van der Waals surface area contributed by atoms with Gasteiger partial charge in [0.2, 0.25) is 0 Å². The Kier molecular flexibility index (Phi) is 8.19. The maximum atomic E-state index is 13.0. The zero-order valence-corrected chi connectivity index (χ0v) is 23.5. The summed E-state index contributed by atoms with van der Waals surface area (Å²) < 4.78 is 0. The number of carbonyl (C=O) groups excluding carboxylic acids is 2. The molecule has 1 aromatic heterocycles. The molecule has 1 aromatic carbocycles. The predicted octanol–water partition coefficient (Wildman–Crippen LogP) is 4.31. The highest BCUT2D eigenvalue weighted by atomic mass is 35.5. The summed E-state index contributed by atoms with van der Waals surface area (Å²) in [5, 5.41) is 3.65. The Morgan fingerprint density at radius 2 is 1.79 bits per heavy atom. The Morgan fingerprint density at radius 1 is 1.08 bits per heavy atom. The lowest BCUT2D eigenvalue weighted by Crippen LogP contribution is -2.62. The lowest BCUT2D eigenvalue weighted by atomic mass is 9.95. The highest BCUT2D eigenvalue weighted by Crippen LogP contribution is 2.30. The van der Waals surface area contributed by atoms with Crippen LogP contribution in [0.3, 0.4) is 0 Å². The molecule has 2 saturated heterocycles. The predicted molar refractivity (Wildman–Crippen MR) is 150 cm³/mol. The summed E-state index contributed by atoms with van der Waals surface area (Å²) in [6.45, 7) is 9.84. The highest BCUT2D eigenvalue weighted by Gasteiger charge is 2.38. The average molecular weight is 539 g/mol. The van der Waals surface area contributed by atoms with E-state index in [1.54, 1.807) is 18.3 Å². The molecule has 5 rings (SSSR count). The van der Waals surface area contributed by atoms with Crippen LogP contribution in [0.2, 0.25) is 5.02 Å². The van der Waals surface area contributed by atoms with Crippen molar-refractivity contribution in [2.45, 2.75) is 83.5 Å². The van der Waals surface area contributed by atoms with Crippen LogP contribution in [0.15, 0.2) is 30.5 Å². The molecule has 2 atom stereocenters. The van der Waals surface area contributed by atoms with Gasteiger partial charge in [-0.2, -0.15) is 0 Å². The molecule has 0 spiro atoms. The summed E-state index contributed by atoms with van der Waals surface area (Å²) >= 11 is 6.00. The Labute approximate surface area is 230 Å². The van der Waals surface area contributed by atoms with E-state index in [9.17, 15) is 9.59 Å². The first-order valence-electron chi connectivity index (χ1n) is 14.1. The zero-order chi connectivity index (χ0) is 26.8. The van der Waals surface area contributed by atoms with E-state index >= 15 is 0 Å². The fourth-order valence-electron chi connectivity index (χ4n) is 5.93. The number of nitrogens with zero attached hydrogens (tertiary/aromatic N) is 5. The molecule has 2 amide bonds. The van der Waals surface area contributed by atoms with Crippen LogP contribution in [0.4, 0.5) is 5.82 Å².